The largest absolute Gasteiger partial charge is 0.478 e. The molecule has 1 aromatic rings. The highest BCUT2D eigenvalue weighted by molar-refractivity contribution is 8.26. The summed E-state index contributed by atoms with van der Waals surface area (Å²) in [6, 6.07) is 6.43. The van der Waals surface area contributed by atoms with Crippen molar-refractivity contribution in [2.45, 2.75) is 6.42 Å². The number of nitrogens with zero attached hydrogens (tertiary/aromatic N) is 2. The van der Waals surface area contributed by atoms with Crippen LogP contribution in [-0.2, 0) is 9.53 Å². The van der Waals surface area contributed by atoms with Crippen LogP contribution >= 0.6 is 24.0 Å². The summed E-state index contributed by atoms with van der Waals surface area (Å²) in [5, 5.41) is 8.94. The van der Waals surface area contributed by atoms with Crippen LogP contribution in [0.15, 0.2) is 29.2 Å². The fraction of sp³-hybridized carbons (Fsp3) is 0.389. The van der Waals surface area contributed by atoms with Crippen LogP contribution in [0.3, 0.4) is 0 Å². The smallest absolute Gasteiger partial charge is 0.335 e. The quantitative estimate of drug-likeness (QED) is 0.588. The highest BCUT2D eigenvalue weighted by atomic mass is 32.2. The second-order valence-electron chi connectivity index (χ2n) is 6.07. The predicted molar refractivity (Wildman–Crippen MR) is 105 cm³/mol. The molecule has 0 spiro atoms. The van der Waals surface area contributed by atoms with E-state index in [4.69, 9.17) is 22.1 Å². The van der Waals surface area contributed by atoms with Crippen molar-refractivity contribution in [2.75, 3.05) is 39.4 Å². The van der Waals surface area contributed by atoms with E-state index in [-0.39, 0.29) is 11.5 Å². The van der Waals surface area contributed by atoms with Crippen molar-refractivity contribution in [2.24, 2.45) is 0 Å². The predicted octanol–water partition coefficient (Wildman–Crippen LogP) is 2.31. The normalized spacial score (nSPS) is 20.2. The monoisotopic (exact) mass is 392 g/mol. The first-order chi connectivity index (χ1) is 12.5. The van der Waals surface area contributed by atoms with Gasteiger partial charge in [0, 0.05) is 26.2 Å². The van der Waals surface area contributed by atoms with Crippen LogP contribution in [0.1, 0.15) is 22.3 Å². The molecule has 2 heterocycles. The van der Waals surface area contributed by atoms with Crippen molar-refractivity contribution in [3.8, 4) is 0 Å². The number of rotatable bonds is 6. The molecule has 138 valence electrons. The lowest BCUT2D eigenvalue weighted by molar-refractivity contribution is -0.122. The van der Waals surface area contributed by atoms with Crippen LogP contribution < -0.4 is 0 Å². The van der Waals surface area contributed by atoms with Crippen molar-refractivity contribution in [1.29, 1.82) is 0 Å². The van der Waals surface area contributed by atoms with Crippen LogP contribution in [-0.4, -0.2) is 70.5 Å². The average Bonchev–Trinajstić information content (AvgIpc) is 2.90. The molecule has 2 aliphatic heterocycles. The number of hydrogen-bond donors (Lipinski definition) is 1. The summed E-state index contributed by atoms with van der Waals surface area (Å²) < 4.78 is 5.91. The zero-order valence-corrected chi connectivity index (χ0v) is 15.9. The molecule has 2 saturated heterocycles. The Morgan fingerprint density at radius 1 is 1.23 bits per heavy atom. The van der Waals surface area contributed by atoms with Crippen LogP contribution in [0.2, 0.25) is 0 Å². The van der Waals surface area contributed by atoms with Crippen LogP contribution in [0, 0.1) is 0 Å². The van der Waals surface area contributed by atoms with E-state index >= 15 is 0 Å². The minimum Gasteiger partial charge on any atom is -0.478 e. The standard InChI is InChI=1S/C18H20N2O4S2/c21-16-15(12-13-2-4-14(5-3-13)17(22)23)26-18(25)20(16)7-1-6-19-8-10-24-11-9-19/h2-5,12H,1,6-11H2,(H,22,23)/b15-12+. The Hall–Kier alpha value is -1.74. The maximum absolute atomic E-state index is 12.6. The van der Waals surface area contributed by atoms with E-state index < -0.39 is 5.97 Å². The number of benzene rings is 1. The molecule has 0 radical (unpaired) electrons. The summed E-state index contributed by atoms with van der Waals surface area (Å²) in [7, 11) is 0. The number of thioether (sulfide) groups is 1. The van der Waals surface area contributed by atoms with E-state index in [9.17, 15) is 9.59 Å². The van der Waals surface area contributed by atoms with Crippen molar-refractivity contribution >= 4 is 46.3 Å². The zero-order chi connectivity index (χ0) is 18.5. The molecule has 6 nitrogen and oxygen atoms in total. The van der Waals surface area contributed by atoms with Crippen LogP contribution in [0.4, 0.5) is 0 Å². The third-order valence-electron chi connectivity index (χ3n) is 4.29. The van der Waals surface area contributed by atoms with E-state index in [1.165, 1.54) is 23.9 Å². The summed E-state index contributed by atoms with van der Waals surface area (Å²) in [4.78, 5) is 28.1. The van der Waals surface area contributed by atoms with Gasteiger partial charge in [0.1, 0.15) is 4.32 Å². The number of carbonyl (C=O) groups excluding carboxylic acids is 1. The number of amides is 1. The lowest BCUT2D eigenvalue weighted by Gasteiger charge is -2.27. The Balaban J connectivity index is 1.58. The molecule has 1 aromatic carbocycles. The van der Waals surface area contributed by atoms with Gasteiger partial charge in [-0.15, -0.1) is 0 Å². The van der Waals surface area contributed by atoms with Gasteiger partial charge >= 0.3 is 5.97 Å². The summed E-state index contributed by atoms with van der Waals surface area (Å²) in [6.07, 6.45) is 2.62. The van der Waals surface area contributed by atoms with Gasteiger partial charge in [-0.2, -0.15) is 0 Å². The molecule has 26 heavy (non-hydrogen) atoms. The highest BCUT2D eigenvalue weighted by Gasteiger charge is 2.31. The molecule has 0 unspecified atom stereocenters. The molecule has 0 saturated carbocycles. The lowest BCUT2D eigenvalue weighted by Crippen LogP contribution is -2.38. The van der Waals surface area contributed by atoms with Gasteiger partial charge in [0.05, 0.1) is 23.7 Å². The summed E-state index contributed by atoms with van der Waals surface area (Å²) in [6.45, 7) is 4.94. The summed E-state index contributed by atoms with van der Waals surface area (Å²) >= 11 is 6.64. The highest BCUT2D eigenvalue weighted by Crippen LogP contribution is 2.32. The third-order valence-corrected chi connectivity index (χ3v) is 5.67. The van der Waals surface area contributed by atoms with Gasteiger partial charge in [-0.25, -0.2) is 4.79 Å². The molecule has 3 rings (SSSR count). The molecule has 2 fully saturated rings. The Bertz CT molecular complexity index is 727. The molecule has 0 atom stereocenters. The fourth-order valence-electron chi connectivity index (χ4n) is 2.84. The topological polar surface area (TPSA) is 70.1 Å². The lowest BCUT2D eigenvalue weighted by atomic mass is 10.1. The molecule has 1 N–H and O–H groups in total. The van der Waals surface area contributed by atoms with E-state index in [2.05, 4.69) is 4.90 Å². The molecular formula is C18H20N2O4S2. The first-order valence-electron chi connectivity index (χ1n) is 8.43. The maximum Gasteiger partial charge on any atom is 0.335 e. The van der Waals surface area contributed by atoms with Crippen molar-refractivity contribution in [3.63, 3.8) is 0 Å². The third kappa shape index (κ3) is 4.70. The molecule has 0 aromatic heterocycles. The first kappa shape index (κ1) is 19.0. The van der Waals surface area contributed by atoms with E-state index in [1.807, 2.05) is 0 Å². The fourth-order valence-corrected chi connectivity index (χ4v) is 4.15. The summed E-state index contributed by atoms with van der Waals surface area (Å²) in [5.41, 5.74) is 1.00. The van der Waals surface area contributed by atoms with Gasteiger partial charge < -0.3 is 9.84 Å². The summed E-state index contributed by atoms with van der Waals surface area (Å²) in [5.74, 6) is -1.05. The second kappa shape index (κ2) is 8.77. The number of aromatic carboxylic acids is 1. The molecular weight excluding hydrogens is 372 g/mol. The SMILES string of the molecule is O=C(O)c1ccc(/C=C2/SC(=S)N(CCCN3CCOCC3)C2=O)cc1. The van der Waals surface area contributed by atoms with E-state index in [0.29, 0.717) is 15.8 Å². The number of hydrogen-bond acceptors (Lipinski definition) is 6. The first-order valence-corrected chi connectivity index (χ1v) is 9.66. The van der Waals surface area contributed by atoms with Crippen molar-refractivity contribution in [3.05, 3.63) is 40.3 Å². The maximum atomic E-state index is 12.6. The van der Waals surface area contributed by atoms with Crippen LogP contribution in [0.25, 0.3) is 6.08 Å². The van der Waals surface area contributed by atoms with E-state index in [1.54, 1.807) is 23.1 Å². The molecule has 8 heteroatoms. The van der Waals surface area contributed by atoms with Gasteiger partial charge in [0.25, 0.3) is 5.91 Å². The van der Waals surface area contributed by atoms with Gasteiger partial charge in [0.2, 0.25) is 0 Å². The Kier molecular flexibility index (Phi) is 6.42. The van der Waals surface area contributed by atoms with Gasteiger partial charge in [-0.3, -0.25) is 14.6 Å². The molecule has 0 bridgehead atoms. The van der Waals surface area contributed by atoms with Crippen molar-refractivity contribution < 1.29 is 19.4 Å². The number of morpholine rings is 1. The number of carboxylic acid groups (broad SMARTS) is 1. The van der Waals surface area contributed by atoms with Gasteiger partial charge in [-0.05, 0) is 30.2 Å². The number of thiocarbonyl (C=S) groups is 1. The molecule has 2 aliphatic rings. The second-order valence-corrected chi connectivity index (χ2v) is 7.74. The number of carboxylic acids is 1. The molecule has 0 aliphatic carbocycles. The minimum atomic E-state index is -0.969. The van der Waals surface area contributed by atoms with Crippen LogP contribution in [0.5, 0.6) is 0 Å². The van der Waals surface area contributed by atoms with E-state index in [0.717, 1.165) is 44.8 Å². The number of ether oxygens (including phenoxy) is 1. The zero-order valence-electron chi connectivity index (χ0n) is 14.2. The Morgan fingerprint density at radius 3 is 2.58 bits per heavy atom. The Morgan fingerprint density at radius 2 is 1.92 bits per heavy atom. The average molecular weight is 393 g/mol. The van der Waals surface area contributed by atoms with Gasteiger partial charge in [-0.1, -0.05) is 36.1 Å². The Labute approximate surface area is 161 Å². The minimum absolute atomic E-state index is 0.0794. The van der Waals surface area contributed by atoms with Gasteiger partial charge in [0.15, 0.2) is 0 Å². The molecule has 1 amide bonds. The number of carbonyl (C=O) groups is 2. The van der Waals surface area contributed by atoms with Crippen molar-refractivity contribution in [1.82, 2.24) is 9.80 Å².